The summed E-state index contributed by atoms with van der Waals surface area (Å²) in [4.78, 5) is 2.38. The van der Waals surface area contributed by atoms with Crippen molar-refractivity contribution in [3.8, 4) is 0 Å². The highest BCUT2D eigenvalue weighted by Gasteiger charge is 2.14. The van der Waals surface area contributed by atoms with Gasteiger partial charge in [-0.15, -0.1) is 0 Å². The molecule has 0 atom stereocenters. The third-order valence-corrected chi connectivity index (χ3v) is 5.12. The molecule has 4 rings (SSSR count). The molecule has 1 aliphatic carbocycles. The van der Waals surface area contributed by atoms with Crippen molar-refractivity contribution in [1.29, 1.82) is 0 Å². The average Bonchev–Trinajstić information content (AvgIpc) is 2.69. The van der Waals surface area contributed by atoms with Crippen LogP contribution in [-0.2, 0) is 6.42 Å². The van der Waals surface area contributed by atoms with E-state index in [1.807, 2.05) is 0 Å². The van der Waals surface area contributed by atoms with E-state index in [0.29, 0.717) is 6.04 Å². The second-order valence-corrected chi connectivity index (χ2v) is 7.21. The molecule has 26 heavy (non-hydrogen) atoms. The monoisotopic (exact) mass is 339 g/mol. The summed E-state index contributed by atoms with van der Waals surface area (Å²) in [5.74, 6) is 0. The molecule has 0 saturated heterocycles. The van der Waals surface area contributed by atoms with Crippen LogP contribution < -0.4 is 4.90 Å². The van der Waals surface area contributed by atoms with Crippen LogP contribution in [0.1, 0.15) is 37.0 Å². The van der Waals surface area contributed by atoms with Crippen LogP contribution in [0, 0.1) is 0 Å². The molecule has 1 aliphatic rings. The van der Waals surface area contributed by atoms with Gasteiger partial charge in [-0.1, -0.05) is 60.7 Å². The highest BCUT2D eigenvalue weighted by Crippen LogP contribution is 2.33. The van der Waals surface area contributed by atoms with Crippen molar-refractivity contribution >= 4 is 23.0 Å². The van der Waals surface area contributed by atoms with Crippen molar-refractivity contribution in [2.24, 2.45) is 0 Å². The number of nitrogens with zero attached hydrogens (tertiary/aromatic N) is 1. The number of benzene rings is 3. The predicted molar refractivity (Wildman–Crippen MR) is 113 cm³/mol. The Hall–Kier alpha value is -2.80. The minimum Gasteiger partial charge on any atom is -0.339 e. The van der Waals surface area contributed by atoms with Crippen LogP contribution in [0.25, 0.3) is 11.6 Å². The number of para-hydroxylation sites is 1. The molecule has 0 aliphatic heterocycles. The van der Waals surface area contributed by atoms with E-state index < -0.39 is 0 Å². The van der Waals surface area contributed by atoms with Crippen LogP contribution in [0.2, 0.25) is 0 Å². The molecule has 0 bridgehead atoms. The molecule has 0 spiro atoms. The fraction of sp³-hybridized carbons (Fsp3) is 0.200. The van der Waals surface area contributed by atoms with Gasteiger partial charge in [-0.05, 0) is 73.2 Å². The molecule has 1 heteroatoms. The lowest BCUT2D eigenvalue weighted by molar-refractivity contribution is 0.789. The highest BCUT2D eigenvalue weighted by atomic mass is 15.2. The zero-order valence-corrected chi connectivity index (χ0v) is 15.5. The fourth-order valence-electron chi connectivity index (χ4n) is 3.83. The van der Waals surface area contributed by atoms with Crippen LogP contribution in [0.4, 0.5) is 11.4 Å². The van der Waals surface area contributed by atoms with Gasteiger partial charge in [0.05, 0.1) is 0 Å². The maximum atomic E-state index is 2.38. The molecule has 3 aromatic rings. The van der Waals surface area contributed by atoms with Gasteiger partial charge in [0.15, 0.2) is 0 Å². The van der Waals surface area contributed by atoms with E-state index in [0.717, 1.165) is 12.8 Å². The van der Waals surface area contributed by atoms with Crippen molar-refractivity contribution in [2.45, 2.75) is 32.7 Å². The van der Waals surface area contributed by atoms with E-state index in [1.165, 1.54) is 33.6 Å². The van der Waals surface area contributed by atoms with Gasteiger partial charge in [0.2, 0.25) is 0 Å². The average molecular weight is 339 g/mol. The van der Waals surface area contributed by atoms with E-state index in [1.54, 1.807) is 0 Å². The normalized spacial score (nSPS) is 13.3. The van der Waals surface area contributed by atoms with E-state index in [-0.39, 0.29) is 0 Å². The summed E-state index contributed by atoms with van der Waals surface area (Å²) in [5, 5.41) is 0. The van der Waals surface area contributed by atoms with Crippen LogP contribution in [0.3, 0.4) is 0 Å². The lowest BCUT2D eigenvalue weighted by Crippen LogP contribution is -2.25. The molecule has 0 radical (unpaired) electrons. The third-order valence-electron chi connectivity index (χ3n) is 5.12. The molecule has 3 aromatic carbocycles. The molecular weight excluding hydrogens is 314 g/mol. The van der Waals surface area contributed by atoms with Crippen molar-refractivity contribution in [3.05, 3.63) is 95.6 Å². The smallest absolute Gasteiger partial charge is 0.0413 e. The van der Waals surface area contributed by atoms with Crippen molar-refractivity contribution in [3.63, 3.8) is 0 Å². The number of hydrogen-bond acceptors (Lipinski definition) is 1. The quantitative estimate of drug-likeness (QED) is 0.510. The number of fused-ring (bicyclic) bond motifs is 1. The van der Waals surface area contributed by atoms with Gasteiger partial charge in [0, 0.05) is 17.4 Å². The molecule has 0 N–H and O–H groups in total. The summed E-state index contributed by atoms with van der Waals surface area (Å²) in [5.41, 5.74) is 8.08. The van der Waals surface area contributed by atoms with Gasteiger partial charge in [-0.25, -0.2) is 0 Å². The largest absolute Gasteiger partial charge is 0.339 e. The summed E-state index contributed by atoms with van der Waals surface area (Å²) in [7, 11) is 0. The predicted octanol–water partition coefficient (Wildman–Crippen LogP) is 6.72. The van der Waals surface area contributed by atoms with Crippen LogP contribution in [0.5, 0.6) is 0 Å². The van der Waals surface area contributed by atoms with Gasteiger partial charge < -0.3 is 4.90 Å². The highest BCUT2D eigenvalue weighted by molar-refractivity contribution is 5.85. The summed E-state index contributed by atoms with van der Waals surface area (Å²) in [6.07, 6.45) is 4.60. The minimum atomic E-state index is 0.407. The SMILES string of the molecule is CC(C)N(c1ccccc1)c1ccc(C2=Cc3ccccc3CC2)cc1. The van der Waals surface area contributed by atoms with Crippen molar-refractivity contribution in [2.75, 3.05) is 4.90 Å². The van der Waals surface area contributed by atoms with E-state index in [9.17, 15) is 0 Å². The Balaban J connectivity index is 1.64. The molecule has 0 saturated carbocycles. The summed E-state index contributed by atoms with van der Waals surface area (Å²) >= 11 is 0. The van der Waals surface area contributed by atoms with E-state index >= 15 is 0 Å². The Morgan fingerprint density at radius 1 is 0.692 bits per heavy atom. The number of allylic oxidation sites excluding steroid dienone is 1. The van der Waals surface area contributed by atoms with Gasteiger partial charge >= 0.3 is 0 Å². The first-order valence-electron chi connectivity index (χ1n) is 9.45. The molecule has 0 fully saturated rings. The van der Waals surface area contributed by atoms with Gasteiger partial charge in [-0.2, -0.15) is 0 Å². The molecule has 130 valence electrons. The maximum absolute atomic E-state index is 2.38. The summed E-state index contributed by atoms with van der Waals surface area (Å²) < 4.78 is 0. The first-order valence-corrected chi connectivity index (χ1v) is 9.45. The fourth-order valence-corrected chi connectivity index (χ4v) is 3.83. The summed E-state index contributed by atoms with van der Waals surface area (Å²) in [6, 6.07) is 28.8. The van der Waals surface area contributed by atoms with E-state index in [2.05, 4.69) is 104 Å². The first kappa shape index (κ1) is 16.7. The van der Waals surface area contributed by atoms with Crippen LogP contribution >= 0.6 is 0 Å². The van der Waals surface area contributed by atoms with Crippen molar-refractivity contribution < 1.29 is 0 Å². The number of anilines is 2. The maximum Gasteiger partial charge on any atom is 0.0413 e. The Morgan fingerprint density at radius 3 is 2.08 bits per heavy atom. The number of hydrogen-bond donors (Lipinski definition) is 0. The molecule has 0 heterocycles. The lowest BCUT2D eigenvalue weighted by Gasteiger charge is -2.29. The third kappa shape index (κ3) is 3.30. The number of aryl methyl sites for hydroxylation is 1. The van der Waals surface area contributed by atoms with Gasteiger partial charge in [-0.3, -0.25) is 0 Å². The van der Waals surface area contributed by atoms with Crippen LogP contribution in [-0.4, -0.2) is 6.04 Å². The van der Waals surface area contributed by atoms with E-state index in [4.69, 9.17) is 0 Å². The Kier molecular flexibility index (Phi) is 4.62. The van der Waals surface area contributed by atoms with Crippen LogP contribution in [0.15, 0.2) is 78.9 Å². The minimum absolute atomic E-state index is 0.407. The van der Waals surface area contributed by atoms with Crippen molar-refractivity contribution in [1.82, 2.24) is 0 Å². The standard InChI is InChI=1S/C25H25N/c1-19(2)26(24-10-4-3-5-11-24)25-16-14-21(15-17-25)23-13-12-20-8-6-7-9-22(20)18-23/h3-11,14-19H,12-13H2,1-2H3. The molecule has 0 unspecified atom stereocenters. The second-order valence-electron chi connectivity index (χ2n) is 7.21. The lowest BCUT2D eigenvalue weighted by atomic mass is 9.89. The Labute approximate surface area is 156 Å². The summed E-state index contributed by atoms with van der Waals surface area (Å²) in [6.45, 7) is 4.48. The first-order chi connectivity index (χ1) is 12.7. The number of rotatable bonds is 4. The second kappa shape index (κ2) is 7.21. The topological polar surface area (TPSA) is 3.24 Å². The molecule has 0 aromatic heterocycles. The zero-order chi connectivity index (χ0) is 17.9. The Morgan fingerprint density at radius 2 is 1.35 bits per heavy atom. The van der Waals surface area contributed by atoms with Gasteiger partial charge in [0.1, 0.15) is 0 Å². The van der Waals surface area contributed by atoms with Gasteiger partial charge in [0.25, 0.3) is 0 Å². The molecule has 0 amide bonds. The molecule has 1 nitrogen and oxygen atoms in total. The zero-order valence-electron chi connectivity index (χ0n) is 15.5. The Bertz CT molecular complexity index is 904. The molecular formula is C25H25N.